The maximum atomic E-state index is 14.5. The van der Waals surface area contributed by atoms with Crippen LogP contribution in [0.4, 0.5) is 4.39 Å². The van der Waals surface area contributed by atoms with Crippen molar-refractivity contribution in [3.8, 4) is 17.1 Å². The number of esters is 1. The van der Waals surface area contributed by atoms with Crippen LogP contribution in [0.1, 0.15) is 99.5 Å². The summed E-state index contributed by atoms with van der Waals surface area (Å²) in [5.74, 6) is -0.00971. The standard InChI is InChI=1S/C31H39FN2O2/c1-3-5-7-9-10-12-14-25-19-20-28(21-29(25)32)36-31(35)27-17-15-26(16-18-27)30-33-22-24(23-34-30)13-11-8-6-4-2/h15-23H,3-14H2,1-2H3. The van der Waals surface area contributed by atoms with Crippen LogP contribution in [0.25, 0.3) is 11.4 Å². The number of carbonyl (C=O) groups excluding carboxylic acids is 1. The molecule has 2 aromatic carbocycles. The lowest BCUT2D eigenvalue weighted by molar-refractivity contribution is 0.0734. The van der Waals surface area contributed by atoms with E-state index in [9.17, 15) is 9.18 Å². The molecule has 3 aromatic rings. The van der Waals surface area contributed by atoms with Gasteiger partial charge in [0.2, 0.25) is 0 Å². The molecule has 0 radical (unpaired) electrons. The molecule has 0 spiro atoms. The van der Waals surface area contributed by atoms with Crippen molar-refractivity contribution in [1.29, 1.82) is 0 Å². The molecule has 4 nitrogen and oxygen atoms in total. The first-order valence-electron chi connectivity index (χ1n) is 13.5. The van der Waals surface area contributed by atoms with Gasteiger partial charge in [-0.25, -0.2) is 19.2 Å². The summed E-state index contributed by atoms with van der Waals surface area (Å²) >= 11 is 0. The van der Waals surface area contributed by atoms with E-state index in [1.807, 2.05) is 12.4 Å². The second kappa shape index (κ2) is 15.1. The predicted octanol–water partition coefficient (Wildman–Crippen LogP) is 8.53. The molecule has 0 bridgehead atoms. The molecule has 1 aromatic heterocycles. The van der Waals surface area contributed by atoms with Crippen LogP contribution in [0, 0.1) is 5.82 Å². The Kier molecular flexibility index (Phi) is 11.6. The Hall–Kier alpha value is -3.08. The number of nitrogens with zero attached hydrogens (tertiary/aromatic N) is 2. The molecule has 0 saturated carbocycles. The lowest BCUT2D eigenvalue weighted by Crippen LogP contribution is -2.09. The second-order valence-electron chi connectivity index (χ2n) is 9.46. The summed E-state index contributed by atoms with van der Waals surface area (Å²) in [5, 5.41) is 0. The smallest absolute Gasteiger partial charge is 0.343 e. The van der Waals surface area contributed by atoms with E-state index in [0.717, 1.165) is 36.8 Å². The van der Waals surface area contributed by atoms with Gasteiger partial charge < -0.3 is 4.74 Å². The molecule has 36 heavy (non-hydrogen) atoms. The minimum Gasteiger partial charge on any atom is -0.423 e. The van der Waals surface area contributed by atoms with Gasteiger partial charge in [-0.3, -0.25) is 0 Å². The number of aromatic nitrogens is 2. The highest BCUT2D eigenvalue weighted by Crippen LogP contribution is 2.21. The van der Waals surface area contributed by atoms with Crippen molar-refractivity contribution in [2.75, 3.05) is 0 Å². The summed E-state index contributed by atoms with van der Waals surface area (Å²) in [7, 11) is 0. The number of rotatable bonds is 15. The van der Waals surface area contributed by atoms with Gasteiger partial charge in [-0.1, -0.05) is 83.4 Å². The van der Waals surface area contributed by atoms with Gasteiger partial charge in [0.25, 0.3) is 0 Å². The van der Waals surface area contributed by atoms with E-state index in [1.165, 1.54) is 51.0 Å². The normalized spacial score (nSPS) is 11.0. The highest BCUT2D eigenvalue weighted by atomic mass is 19.1. The van der Waals surface area contributed by atoms with Crippen LogP contribution in [0.5, 0.6) is 5.75 Å². The Morgan fingerprint density at radius 1 is 0.778 bits per heavy atom. The SMILES string of the molecule is CCCCCCCCc1ccc(OC(=O)c2ccc(-c3ncc(CCCCCC)cn3)cc2)cc1F. The van der Waals surface area contributed by atoms with Crippen LogP contribution in [-0.4, -0.2) is 15.9 Å². The van der Waals surface area contributed by atoms with Crippen molar-refractivity contribution in [3.63, 3.8) is 0 Å². The zero-order valence-electron chi connectivity index (χ0n) is 21.8. The molecule has 1 heterocycles. The van der Waals surface area contributed by atoms with Crippen LogP contribution in [0.3, 0.4) is 0 Å². The predicted molar refractivity (Wildman–Crippen MR) is 144 cm³/mol. The first-order valence-corrected chi connectivity index (χ1v) is 13.5. The second-order valence-corrected chi connectivity index (χ2v) is 9.46. The molecule has 0 unspecified atom stereocenters. The summed E-state index contributed by atoms with van der Waals surface area (Å²) in [6.07, 6.45) is 17.3. The van der Waals surface area contributed by atoms with E-state index < -0.39 is 5.97 Å². The molecule has 0 fully saturated rings. The number of benzene rings is 2. The zero-order chi connectivity index (χ0) is 25.6. The minimum absolute atomic E-state index is 0.214. The summed E-state index contributed by atoms with van der Waals surface area (Å²) in [6.45, 7) is 4.40. The fourth-order valence-electron chi connectivity index (χ4n) is 4.20. The number of aryl methyl sites for hydroxylation is 2. The number of unbranched alkanes of at least 4 members (excludes halogenated alkanes) is 8. The maximum absolute atomic E-state index is 14.5. The van der Waals surface area contributed by atoms with Gasteiger partial charge in [0, 0.05) is 24.0 Å². The van der Waals surface area contributed by atoms with E-state index >= 15 is 0 Å². The van der Waals surface area contributed by atoms with Crippen molar-refractivity contribution in [1.82, 2.24) is 9.97 Å². The summed E-state index contributed by atoms with van der Waals surface area (Å²) in [6, 6.07) is 11.7. The first kappa shape index (κ1) is 27.5. The van der Waals surface area contributed by atoms with Gasteiger partial charge in [-0.05, 0) is 55.0 Å². The van der Waals surface area contributed by atoms with Crippen molar-refractivity contribution in [3.05, 3.63) is 77.4 Å². The van der Waals surface area contributed by atoms with Crippen molar-refractivity contribution < 1.29 is 13.9 Å². The van der Waals surface area contributed by atoms with Crippen molar-refractivity contribution in [2.45, 2.75) is 90.9 Å². The molecule has 3 rings (SSSR count). The lowest BCUT2D eigenvalue weighted by Gasteiger charge is -2.08. The molecule has 5 heteroatoms. The van der Waals surface area contributed by atoms with E-state index in [4.69, 9.17) is 4.74 Å². The van der Waals surface area contributed by atoms with E-state index in [1.54, 1.807) is 36.4 Å². The van der Waals surface area contributed by atoms with E-state index in [-0.39, 0.29) is 11.6 Å². The van der Waals surface area contributed by atoms with Gasteiger partial charge in [0.15, 0.2) is 5.82 Å². The first-order chi connectivity index (χ1) is 17.6. The van der Waals surface area contributed by atoms with Gasteiger partial charge in [-0.2, -0.15) is 0 Å². The summed E-state index contributed by atoms with van der Waals surface area (Å²) in [4.78, 5) is 21.5. The Morgan fingerprint density at radius 2 is 1.39 bits per heavy atom. The minimum atomic E-state index is -0.520. The van der Waals surface area contributed by atoms with Crippen LogP contribution in [0.15, 0.2) is 54.9 Å². The van der Waals surface area contributed by atoms with E-state index in [2.05, 4.69) is 23.8 Å². The molecule has 0 N–H and O–H groups in total. The highest BCUT2D eigenvalue weighted by molar-refractivity contribution is 5.91. The lowest BCUT2D eigenvalue weighted by atomic mass is 10.0. The molecule has 192 valence electrons. The third-order valence-corrected chi connectivity index (χ3v) is 6.44. The summed E-state index contributed by atoms with van der Waals surface area (Å²) < 4.78 is 19.9. The molecular formula is C31H39FN2O2. The van der Waals surface area contributed by atoms with Crippen LogP contribution in [-0.2, 0) is 12.8 Å². The Morgan fingerprint density at radius 3 is 2.06 bits per heavy atom. The van der Waals surface area contributed by atoms with Crippen molar-refractivity contribution in [2.24, 2.45) is 0 Å². The molecule has 0 amide bonds. The Labute approximate surface area is 215 Å². The topological polar surface area (TPSA) is 52.1 Å². The number of hydrogen-bond donors (Lipinski definition) is 0. The van der Waals surface area contributed by atoms with Gasteiger partial charge in [0.05, 0.1) is 5.56 Å². The monoisotopic (exact) mass is 490 g/mol. The van der Waals surface area contributed by atoms with Gasteiger partial charge >= 0.3 is 5.97 Å². The fourth-order valence-corrected chi connectivity index (χ4v) is 4.20. The largest absolute Gasteiger partial charge is 0.423 e. The molecule has 0 saturated heterocycles. The summed E-state index contributed by atoms with van der Waals surface area (Å²) in [5.41, 5.74) is 3.03. The number of halogens is 1. The molecular weight excluding hydrogens is 451 g/mol. The average molecular weight is 491 g/mol. The highest BCUT2D eigenvalue weighted by Gasteiger charge is 2.12. The number of hydrogen-bond acceptors (Lipinski definition) is 4. The van der Waals surface area contributed by atoms with Crippen LogP contribution in [0.2, 0.25) is 0 Å². The third kappa shape index (κ3) is 8.85. The Balaban J connectivity index is 1.50. The molecule has 0 aliphatic heterocycles. The van der Waals surface area contributed by atoms with Crippen molar-refractivity contribution >= 4 is 5.97 Å². The maximum Gasteiger partial charge on any atom is 0.343 e. The fraction of sp³-hybridized carbons (Fsp3) is 0.452. The van der Waals surface area contributed by atoms with Gasteiger partial charge in [-0.15, -0.1) is 0 Å². The van der Waals surface area contributed by atoms with Crippen LogP contribution < -0.4 is 4.74 Å². The molecule has 0 atom stereocenters. The van der Waals surface area contributed by atoms with E-state index in [0.29, 0.717) is 23.4 Å². The average Bonchev–Trinajstić information content (AvgIpc) is 2.90. The Bertz CT molecular complexity index is 1060. The van der Waals surface area contributed by atoms with Gasteiger partial charge in [0.1, 0.15) is 11.6 Å². The third-order valence-electron chi connectivity index (χ3n) is 6.44. The molecule has 0 aliphatic carbocycles. The quantitative estimate of drug-likeness (QED) is 0.122. The molecule has 0 aliphatic rings. The van der Waals surface area contributed by atoms with Crippen LogP contribution >= 0.6 is 0 Å². The zero-order valence-corrected chi connectivity index (χ0v) is 21.8. The number of carbonyl (C=O) groups is 1. The number of ether oxygens (including phenoxy) is 1.